The first-order valence-electron chi connectivity index (χ1n) is 17.9. The third-order valence-electron chi connectivity index (χ3n) is 11.5. The standard InChI is InChI=1S/C43H39N3O7/c1-25-12-16-29(17-13-25)44-46-40(50)35-24-34-31(20-21-33-37(34)41(51)45(39(33)49)30-18-14-27(15-19-30)26(2)48)38(32-10-6-7-11-36(32)53-23-22-47)43(35,42(46)52)28-8-4-3-5-9-28/h3-20,33-35,37-38,44,47H,21-24H2,1-2H3/t33-,34+,35-,37-,38+,43+/m0/s1. The minimum atomic E-state index is -1.45. The fourth-order valence-corrected chi connectivity index (χ4v) is 9.20. The number of benzene rings is 4. The highest BCUT2D eigenvalue weighted by atomic mass is 16.5. The number of carbonyl (C=O) groups excluding carboxylic acids is 5. The van der Waals surface area contributed by atoms with Crippen LogP contribution < -0.4 is 15.1 Å². The van der Waals surface area contributed by atoms with Gasteiger partial charge in [0.1, 0.15) is 12.4 Å². The molecule has 2 aliphatic carbocycles. The molecule has 4 aromatic carbocycles. The Kier molecular flexibility index (Phi) is 8.57. The lowest BCUT2D eigenvalue weighted by atomic mass is 9.49. The van der Waals surface area contributed by atoms with E-state index in [1.807, 2.05) is 85.8 Å². The molecule has 0 spiro atoms. The molecule has 8 rings (SSSR count). The summed E-state index contributed by atoms with van der Waals surface area (Å²) in [5.41, 5.74) is 6.23. The normalized spacial score (nSPS) is 26.2. The summed E-state index contributed by atoms with van der Waals surface area (Å²) in [6.45, 7) is 3.19. The minimum absolute atomic E-state index is 0.0109. The fourth-order valence-electron chi connectivity index (χ4n) is 9.20. The Bertz CT molecular complexity index is 2160. The van der Waals surface area contributed by atoms with Crippen molar-refractivity contribution in [2.24, 2.45) is 23.7 Å². The van der Waals surface area contributed by atoms with Gasteiger partial charge in [0.15, 0.2) is 5.78 Å². The van der Waals surface area contributed by atoms with Gasteiger partial charge in [-0.25, -0.2) is 0 Å². The maximum atomic E-state index is 15.4. The van der Waals surface area contributed by atoms with Gasteiger partial charge in [0.2, 0.25) is 11.8 Å². The molecule has 0 aromatic heterocycles. The molecule has 2 aliphatic heterocycles. The second kappa shape index (κ2) is 13.3. The summed E-state index contributed by atoms with van der Waals surface area (Å²) in [6.07, 6.45) is 2.43. The number of nitrogens with one attached hydrogen (secondary N) is 1. The molecule has 3 fully saturated rings. The van der Waals surface area contributed by atoms with E-state index in [2.05, 4.69) is 5.43 Å². The van der Waals surface area contributed by atoms with Crippen LogP contribution in [0.15, 0.2) is 115 Å². The van der Waals surface area contributed by atoms with Crippen LogP contribution in [0.3, 0.4) is 0 Å². The van der Waals surface area contributed by atoms with E-state index in [1.54, 1.807) is 30.3 Å². The van der Waals surface area contributed by atoms with Crippen molar-refractivity contribution in [3.05, 3.63) is 137 Å². The first-order valence-corrected chi connectivity index (χ1v) is 17.9. The molecule has 4 aliphatic rings. The predicted molar refractivity (Wildman–Crippen MR) is 197 cm³/mol. The van der Waals surface area contributed by atoms with Gasteiger partial charge in [-0.2, -0.15) is 5.01 Å². The van der Waals surface area contributed by atoms with E-state index in [0.29, 0.717) is 33.8 Å². The van der Waals surface area contributed by atoms with Crippen LogP contribution in [0.2, 0.25) is 0 Å². The Labute approximate surface area is 307 Å². The third kappa shape index (κ3) is 5.31. The number of aliphatic hydroxyl groups is 1. The van der Waals surface area contributed by atoms with E-state index < -0.39 is 46.8 Å². The molecule has 10 nitrogen and oxygen atoms in total. The number of nitrogens with zero attached hydrogens (tertiary/aromatic N) is 2. The first kappa shape index (κ1) is 34.2. The molecule has 268 valence electrons. The van der Waals surface area contributed by atoms with Gasteiger partial charge < -0.3 is 9.84 Å². The average molecular weight is 710 g/mol. The van der Waals surface area contributed by atoms with Crippen molar-refractivity contribution in [2.75, 3.05) is 23.5 Å². The van der Waals surface area contributed by atoms with Crippen molar-refractivity contribution < 1.29 is 33.8 Å². The Morgan fingerprint density at radius 2 is 1.55 bits per heavy atom. The maximum absolute atomic E-state index is 15.4. The largest absolute Gasteiger partial charge is 0.491 e. The van der Waals surface area contributed by atoms with E-state index >= 15 is 4.79 Å². The number of fused-ring (bicyclic) bond motifs is 4. The van der Waals surface area contributed by atoms with E-state index in [1.165, 1.54) is 11.8 Å². The Morgan fingerprint density at radius 3 is 2.25 bits per heavy atom. The van der Waals surface area contributed by atoms with Crippen molar-refractivity contribution in [3.8, 4) is 5.75 Å². The van der Waals surface area contributed by atoms with Crippen LogP contribution >= 0.6 is 0 Å². The number of hydrazine groups is 1. The number of anilines is 2. The van der Waals surface area contributed by atoms with Crippen molar-refractivity contribution in [1.82, 2.24) is 5.01 Å². The number of para-hydroxylation sites is 1. The SMILES string of the molecule is CC(=O)c1ccc(N2C(=O)[C@H]3[C@H](CC=C4[C@H]3C[C@H]3C(=O)N(Nc5ccc(C)cc5)C(=O)[C@@]3(c3ccccc3)[C@H]4c3ccccc3OCCO)C2=O)cc1. The van der Waals surface area contributed by atoms with Crippen LogP contribution in [0.5, 0.6) is 5.75 Å². The van der Waals surface area contributed by atoms with Gasteiger partial charge in [-0.05, 0) is 80.6 Å². The summed E-state index contributed by atoms with van der Waals surface area (Å²) in [7, 11) is 0. The van der Waals surface area contributed by atoms with Crippen LogP contribution in [0, 0.1) is 30.6 Å². The number of imide groups is 2. The van der Waals surface area contributed by atoms with Crippen molar-refractivity contribution >= 4 is 40.8 Å². The molecule has 2 saturated heterocycles. The van der Waals surface area contributed by atoms with E-state index in [4.69, 9.17) is 4.74 Å². The van der Waals surface area contributed by atoms with Gasteiger partial charge in [0.05, 0.1) is 41.2 Å². The number of aliphatic hydroxyl groups excluding tert-OH is 1. The topological polar surface area (TPSA) is 133 Å². The van der Waals surface area contributed by atoms with Gasteiger partial charge >= 0.3 is 0 Å². The van der Waals surface area contributed by atoms with Crippen molar-refractivity contribution in [2.45, 2.75) is 38.0 Å². The van der Waals surface area contributed by atoms with Crippen LogP contribution in [0.25, 0.3) is 0 Å². The zero-order valence-corrected chi connectivity index (χ0v) is 29.4. The summed E-state index contributed by atoms with van der Waals surface area (Å²) in [6, 6.07) is 30.5. The number of amides is 4. The molecular formula is C43H39N3O7. The van der Waals surface area contributed by atoms with E-state index in [0.717, 1.165) is 16.1 Å². The van der Waals surface area contributed by atoms with E-state index in [-0.39, 0.29) is 43.7 Å². The first-order chi connectivity index (χ1) is 25.7. The molecule has 0 unspecified atom stereocenters. The molecule has 2 heterocycles. The van der Waals surface area contributed by atoms with Gasteiger partial charge in [-0.3, -0.25) is 34.3 Å². The van der Waals surface area contributed by atoms with E-state index in [9.17, 15) is 24.3 Å². The Hall–Kier alpha value is -5.87. The monoisotopic (exact) mass is 709 g/mol. The summed E-state index contributed by atoms with van der Waals surface area (Å²) < 4.78 is 6.11. The summed E-state index contributed by atoms with van der Waals surface area (Å²) in [5, 5.41) is 10.9. The fraction of sp³-hybridized carbons (Fsp3) is 0.279. The van der Waals surface area contributed by atoms with Crippen molar-refractivity contribution in [3.63, 3.8) is 0 Å². The lowest BCUT2D eigenvalue weighted by molar-refractivity contribution is -0.138. The van der Waals surface area contributed by atoms with Gasteiger partial charge in [-0.15, -0.1) is 0 Å². The number of ether oxygens (including phenoxy) is 1. The number of rotatable bonds is 9. The average Bonchev–Trinajstić information content (AvgIpc) is 3.56. The maximum Gasteiger partial charge on any atom is 0.260 e. The number of Topliss-reactive ketones (excluding diaryl/α,β-unsaturated/α-hetero) is 1. The number of aryl methyl sites for hydroxylation is 1. The van der Waals surface area contributed by atoms with Crippen LogP contribution in [-0.4, -0.2) is 52.7 Å². The summed E-state index contributed by atoms with van der Waals surface area (Å²) in [4.78, 5) is 72.1. The highest BCUT2D eigenvalue weighted by Gasteiger charge is 2.70. The second-order valence-corrected chi connectivity index (χ2v) is 14.3. The quantitative estimate of drug-likeness (QED) is 0.127. The van der Waals surface area contributed by atoms with Gasteiger partial charge in [0, 0.05) is 17.0 Å². The van der Waals surface area contributed by atoms with Crippen LogP contribution in [-0.2, 0) is 24.6 Å². The minimum Gasteiger partial charge on any atom is -0.491 e. The number of hydrogen-bond acceptors (Lipinski definition) is 8. The highest BCUT2D eigenvalue weighted by Crippen LogP contribution is 2.65. The van der Waals surface area contributed by atoms with Gasteiger partial charge in [-0.1, -0.05) is 77.9 Å². The van der Waals surface area contributed by atoms with Crippen molar-refractivity contribution in [1.29, 1.82) is 0 Å². The zero-order valence-electron chi connectivity index (χ0n) is 29.4. The molecule has 0 radical (unpaired) electrons. The predicted octanol–water partition coefficient (Wildman–Crippen LogP) is 5.76. The molecule has 6 atom stereocenters. The lowest BCUT2D eigenvalue weighted by Crippen LogP contribution is -2.53. The second-order valence-electron chi connectivity index (χ2n) is 14.3. The number of carbonyl (C=O) groups is 5. The summed E-state index contributed by atoms with van der Waals surface area (Å²) in [5.74, 6) is -4.90. The molecule has 0 bridgehead atoms. The Morgan fingerprint density at radius 1 is 0.849 bits per heavy atom. The number of hydrogen-bond donors (Lipinski definition) is 2. The van der Waals surface area contributed by atoms with Gasteiger partial charge in [0.25, 0.3) is 11.8 Å². The molecular weight excluding hydrogens is 670 g/mol. The summed E-state index contributed by atoms with van der Waals surface area (Å²) >= 11 is 0. The zero-order chi connectivity index (χ0) is 37.0. The van der Waals surface area contributed by atoms with Crippen LogP contribution in [0.4, 0.5) is 11.4 Å². The smallest absolute Gasteiger partial charge is 0.260 e. The molecule has 4 amide bonds. The molecule has 10 heteroatoms. The van der Waals surface area contributed by atoms with Crippen LogP contribution in [0.1, 0.15) is 52.7 Å². The number of ketones is 1. The molecule has 1 saturated carbocycles. The number of allylic oxidation sites excluding steroid dienone is 2. The Balaban J connectivity index is 1.30. The lowest BCUT2D eigenvalue weighted by Gasteiger charge is -2.50. The highest BCUT2D eigenvalue weighted by molar-refractivity contribution is 6.22. The molecule has 53 heavy (non-hydrogen) atoms. The molecule has 4 aromatic rings. The third-order valence-corrected chi connectivity index (χ3v) is 11.5. The molecule has 2 N–H and O–H groups in total.